The molecule has 0 aliphatic heterocycles. The highest BCUT2D eigenvalue weighted by Crippen LogP contribution is 2.24. The summed E-state index contributed by atoms with van der Waals surface area (Å²) in [4.78, 5) is 0. The second-order valence-corrected chi connectivity index (χ2v) is 4.65. The first-order valence-electron chi connectivity index (χ1n) is 6.72. The van der Waals surface area contributed by atoms with Crippen LogP contribution in [0.1, 0.15) is 23.1 Å². The summed E-state index contributed by atoms with van der Waals surface area (Å²) >= 11 is 0. The normalized spacial score (nSPS) is 10.7. The Labute approximate surface area is 115 Å². The van der Waals surface area contributed by atoms with Crippen molar-refractivity contribution in [2.45, 2.75) is 26.8 Å². The number of nitrogens with one attached hydrogen (secondary N) is 1. The van der Waals surface area contributed by atoms with E-state index in [1.165, 1.54) is 5.56 Å². The van der Waals surface area contributed by atoms with Gasteiger partial charge in [0.15, 0.2) is 0 Å². The van der Waals surface area contributed by atoms with E-state index in [1.54, 1.807) is 7.11 Å². The number of aliphatic hydroxyl groups is 1. The van der Waals surface area contributed by atoms with Crippen LogP contribution in [-0.2, 0) is 11.3 Å². The van der Waals surface area contributed by atoms with Crippen LogP contribution in [0.15, 0.2) is 12.1 Å². The lowest BCUT2D eigenvalue weighted by molar-refractivity contribution is 0.199. The molecule has 2 N–H and O–H groups in total. The summed E-state index contributed by atoms with van der Waals surface area (Å²) in [5.41, 5.74) is 3.53. The minimum atomic E-state index is 0.166. The summed E-state index contributed by atoms with van der Waals surface area (Å²) in [6, 6.07) is 4.28. The molecule has 0 spiro atoms. The predicted molar refractivity (Wildman–Crippen MR) is 76.7 cm³/mol. The monoisotopic (exact) mass is 267 g/mol. The fourth-order valence-corrected chi connectivity index (χ4v) is 2.02. The molecule has 0 atom stereocenters. The second kappa shape index (κ2) is 8.91. The third-order valence-electron chi connectivity index (χ3n) is 2.88. The number of hydrogen-bond acceptors (Lipinski definition) is 4. The Morgan fingerprint density at radius 1 is 1.16 bits per heavy atom. The minimum Gasteiger partial charge on any atom is -0.493 e. The first-order valence-corrected chi connectivity index (χ1v) is 6.72. The summed E-state index contributed by atoms with van der Waals surface area (Å²) in [5.74, 6) is 0.939. The van der Waals surface area contributed by atoms with Crippen molar-refractivity contribution in [3.8, 4) is 5.75 Å². The van der Waals surface area contributed by atoms with Gasteiger partial charge < -0.3 is 19.9 Å². The Morgan fingerprint density at radius 2 is 1.84 bits per heavy atom. The quantitative estimate of drug-likeness (QED) is 0.670. The van der Waals surface area contributed by atoms with Crippen molar-refractivity contribution in [3.63, 3.8) is 0 Å². The molecule has 0 aliphatic rings. The molecule has 0 bridgehead atoms. The number of hydrogen-bond donors (Lipinski definition) is 2. The molecule has 0 amide bonds. The van der Waals surface area contributed by atoms with Crippen LogP contribution in [0.2, 0.25) is 0 Å². The van der Waals surface area contributed by atoms with E-state index in [1.807, 2.05) is 0 Å². The minimum absolute atomic E-state index is 0.166. The summed E-state index contributed by atoms with van der Waals surface area (Å²) in [6.07, 6.45) is 0.666. The lowest BCUT2D eigenvalue weighted by Crippen LogP contribution is -2.18. The summed E-state index contributed by atoms with van der Waals surface area (Å²) in [6.45, 7) is 7.24. The maximum absolute atomic E-state index is 8.77. The number of benzene rings is 1. The van der Waals surface area contributed by atoms with Crippen molar-refractivity contribution in [2.24, 2.45) is 0 Å². The number of rotatable bonds is 9. The van der Waals surface area contributed by atoms with Gasteiger partial charge in [-0.3, -0.25) is 0 Å². The Morgan fingerprint density at radius 3 is 2.42 bits per heavy atom. The van der Waals surface area contributed by atoms with Gasteiger partial charge in [-0.1, -0.05) is 12.1 Å². The smallest absolute Gasteiger partial charge is 0.125 e. The number of aryl methyl sites for hydroxylation is 2. The average Bonchev–Trinajstić information content (AvgIpc) is 2.38. The molecule has 0 radical (unpaired) electrons. The molecule has 0 aromatic heterocycles. The van der Waals surface area contributed by atoms with Crippen LogP contribution in [0.3, 0.4) is 0 Å². The SMILES string of the molecule is COCCNCc1cc(C)c(OCCCO)c(C)c1. The van der Waals surface area contributed by atoms with Gasteiger partial charge in [0.05, 0.1) is 13.2 Å². The summed E-state index contributed by atoms with van der Waals surface area (Å²) in [7, 11) is 1.70. The van der Waals surface area contributed by atoms with E-state index in [-0.39, 0.29) is 6.61 Å². The van der Waals surface area contributed by atoms with Gasteiger partial charge in [-0.2, -0.15) is 0 Å². The summed E-state index contributed by atoms with van der Waals surface area (Å²) in [5, 5.41) is 12.1. The fraction of sp³-hybridized carbons (Fsp3) is 0.600. The Bertz CT molecular complexity index is 357. The van der Waals surface area contributed by atoms with E-state index in [0.717, 1.165) is 36.6 Å². The molecule has 108 valence electrons. The molecule has 0 unspecified atom stereocenters. The van der Waals surface area contributed by atoms with E-state index >= 15 is 0 Å². The molecule has 0 fully saturated rings. The van der Waals surface area contributed by atoms with Crippen LogP contribution in [0.25, 0.3) is 0 Å². The standard InChI is InChI=1S/C15H25NO3/c1-12-9-14(11-16-5-8-18-3)10-13(2)15(12)19-7-4-6-17/h9-10,16-17H,4-8,11H2,1-3H3. The fourth-order valence-electron chi connectivity index (χ4n) is 2.02. The number of methoxy groups -OCH3 is 1. The van der Waals surface area contributed by atoms with Gasteiger partial charge in [-0.25, -0.2) is 0 Å². The van der Waals surface area contributed by atoms with Gasteiger partial charge in [-0.05, 0) is 30.5 Å². The van der Waals surface area contributed by atoms with E-state index in [9.17, 15) is 0 Å². The first kappa shape index (κ1) is 16.0. The van der Waals surface area contributed by atoms with Crippen molar-refractivity contribution in [1.29, 1.82) is 0 Å². The maximum Gasteiger partial charge on any atom is 0.125 e. The third kappa shape index (κ3) is 5.59. The molecule has 1 aromatic carbocycles. The van der Waals surface area contributed by atoms with Gasteiger partial charge in [0.1, 0.15) is 5.75 Å². The van der Waals surface area contributed by atoms with E-state index in [2.05, 4.69) is 31.3 Å². The molecule has 0 saturated carbocycles. The maximum atomic E-state index is 8.77. The van der Waals surface area contributed by atoms with Crippen LogP contribution >= 0.6 is 0 Å². The van der Waals surface area contributed by atoms with Crippen molar-refractivity contribution in [2.75, 3.05) is 33.5 Å². The lowest BCUT2D eigenvalue weighted by atomic mass is 10.1. The largest absolute Gasteiger partial charge is 0.493 e. The van der Waals surface area contributed by atoms with Crippen LogP contribution in [0.5, 0.6) is 5.75 Å². The lowest BCUT2D eigenvalue weighted by Gasteiger charge is -2.14. The highest BCUT2D eigenvalue weighted by Gasteiger charge is 2.06. The van der Waals surface area contributed by atoms with Crippen LogP contribution in [0.4, 0.5) is 0 Å². The zero-order chi connectivity index (χ0) is 14.1. The Balaban J connectivity index is 2.57. The van der Waals surface area contributed by atoms with Gasteiger partial charge in [0.2, 0.25) is 0 Å². The van der Waals surface area contributed by atoms with E-state index in [0.29, 0.717) is 13.0 Å². The highest BCUT2D eigenvalue weighted by molar-refractivity contribution is 5.43. The number of aliphatic hydroxyl groups excluding tert-OH is 1. The highest BCUT2D eigenvalue weighted by atomic mass is 16.5. The zero-order valence-electron chi connectivity index (χ0n) is 12.2. The molecule has 1 rings (SSSR count). The molecule has 4 heteroatoms. The molecule has 0 aliphatic carbocycles. The third-order valence-corrected chi connectivity index (χ3v) is 2.88. The zero-order valence-corrected chi connectivity index (χ0v) is 12.2. The van der Waals surface area contributed by atoms with Gasteiger partial charge >= 0.3 is 0 Å². The molecule has 4 nitrogen and oxygen atoms in total. The van der Waals surface area contributed by atoms with Crippen molar-refractivity contribution < 1.29 is 14.6 Å². The van der Waals surface area contributed by atoms with E-state index in [4.69, 9.17) is 14.6 Å². The molecule has 0 saturated heterocycles. The van der Waals surface area contributed by atoms with Crippen LogP contribution < -0.4 is 10.1 Å². The van der Waals surface area contributed by atoms with Crippen molar-refractivity contribution in [3.05, 3.63) is 28.8 Å². The molecular weight excluding hydrogens is 242 g/mol. The first-order chi connectivity index (χ1) is 9.19. The van der Waals surface area contributed by atoms with Crippen LogP contribution in [-0.4, -0.2) is 38.6 Å². The van der Waals surface area contributed by atoms with E-state index < -0.39 is 0 Å². The van der Waals surface area contributed by atoms with Gasteiger partial charge in [-0.15, -0.1) is 0 Å². The number of ether oxygens (including phenoxy) is 2. The summed E-state index contributed by atoms with van der Waals surface area (Å²) < 4.78 is 10.7. The topological polar surface area (TPSA) is 50.7 Å². The molecule has 19 heavy (non-hydrogen) atoms. The van der Waals surface area contributed by atoms with Crippen molar-refractivity contribution >= 4 is 0 Å². The second-order valence-electron chi connectivity index (χ2n) is 4.65. The van der Waals surface area contributed by atoms with Crippen molar-refractivity contribution in [1.82, 2.24) is 5.32 Å². The van der Waals surface area contributed by atoms with Gasteiger partial charge in [0.25, 0.3) is 0 Å². The van der Waals surface area contributed by atoms with Gasteiger partial charge in [0, 0.05) is 33.2 Å². The van der Waals surface area contributed by atoms with Crippen LogP contribution in [0, 0.1) is 13.8 Å². The average molecular weight is 267 g/mol. The molecular formula is C15H25NO3. The molecule has 0 heterocycles. The Kier molecular flexibility index (Phi) is 7.48. The predicted octanol–water partition coefficient (Wildman–Crippen LogP) is 1.80. The Hall–Kier alpha value is -1.10. The molecule has 1 aromatic rings.